The molecule has 1 fully saturated rings. The van der Waals surface area contributed by atoms with Gasteiger partial charge in [0.15, 0.2) is 0 Å². The van der Waals surface area contributed by atoms with Gasteiger partial charge in [0.2, 0.25) is 11.8 Å². The van der Waals surface area contributed by atoms with Gasteiger partial charge in [-0.05, 0) is 45.2 Å². The maximum absolute atomic E-state index is 13.4. The van der Waals surface area contributed by atoms with Crippen molar-refractivity contribution in [3.63, 3.8) is 0 Å². The van der Waals surface area contributed by atoms with Gasteiger partial charge in [-0.1, -0.05) is 46.6 Å². The van der Waals surface area contributed by atoms with Crippen LogP contribution in [0.5, 0.6) is 0 Å². The fraction of sp³-hybridized carbons (Fsp3) is 0.773. The van der Waals surface area contributed by atoms with Crippen molar-refractivity contribution in [3.05, 3.63) is 11.6 Å². The van der Waals surface area contributed by atoms with Crippen molar-refractivity contribution in [2.75, 3.05) is 20.6 Å². The van der Waals surface area contributed by atoms with E-state index in [1.54, 1.807) is 18.0 Å². The molecule has 7 nitrogen and oxygen atoms in total. The van der Waals surface area contributed by atoms with Crippen LogP contribution in [0.2, 0.25) is 0 Å². The van der Waals surface area contributed by atoms with Crippen molar-refractivity contribution in [2.45, 2.75) is 78.4 Å². The summed E-state index contributed by atoms with van der Waals surface area (Å²) in [6.07, 6.45) is 5.27. The molecular weight excluding hydrogens is 370 g/mol. The fourth-order valence-electron chi connectivity index (χ4n) is 3.78. The van der Waals surface area contributed by atoms with Crippen LogP contribution in [-0.4, -0.2) is 71.5 Å². The Morgan fingerprint density at radius 1 is 1.24 bits per heavy atom. The number of likely N-dealkylation sites (tertiary alicyclic amines) is 1. The Morgan fingerprint density at radius 3 is 2.34 bits per heavy atom. The SMILES string of the molecule is CC[C@H](C)[C@H](NC(=O)C1CCCCN1C)C(=O)N(C)C(/C=C(\C)C(=O)O)C(C)C. The summed E-state index contributed by atoms with van der Waals surface area (Å²) in [5.74, 6) is -1.27. The highest BCUT2D eigenvalue weighted by Gasteiger charge is 2.35. The van der Waals surface area contributed by atoms with Crippen LogP contribution < -0.4 is 5.32 Å². The van der Waals surface area contributed by atoms with E-state index in [0.29, 0.717) is 0 Å². The zero-order chi connectivity index (χ0) is 22.3. The van der Waals surface area contributed by atoms with Gasteiger partial charge < -0.3 is 15.3 Å². The molecule has 0 aliphatic carbocycles. The third-order valence-corrected chi connectivity index (χ3v) is 6.09. The topological polar surface area (TPSA) is 90.0 Å². The zero-order valence-corrected chi connectivity index (χ0v) is 19.1. The second-order valence-electron chi connectivity index (χ2n) is 8.70. The first-order chi connectivity index (χ1) is 13.5. The molecule has 1 saturated heterocycles. The Hall–Kier alpha value is -1.89. The molecule has 0 aromatic rings. The number of hydrogen-bond acceptors (Lipinski definition) is 4. The highest BCUT2D eigenvalue weighted by Crippen LogP contribution is 2.20. The number of carbonyl (C=O) groups is 3. The van der Waals surface area contributed by atoms with Crippen LogP contribution in [0, 0.1) is 11.8 Å². The van der Waals surface area contributed by atoms with Crippen LogP contribution in [-0.2, 0) is 14.4 Å². The Bertz CT molecular complexity index is 617. The third-order valence-electron chi connectivity index (χ3n) is 6.09. The van der Waals surface area contributed by atoms with Gasteiger partial charge in [0, 0.05) is 12.6 Å². The normalized spacial score (nSPS) is 21.4. The van der Waals surface area contributed by atoms with Gasteiger partial charge in [-0.25, -0.2) is 4.79 Å². The molecule has 0 bridgehead atoms. The molecule has 4 atom stereocenters. The Morgan fingerprint density at radius 2 is 1.86 bits per heavy atom. The number of nitrogens with zero attached hydrogens (tertiary/aromatic N) is 2. The summed E-state index contributed by atoms with van der Waals surface area (Å²) in [6, 6.07) is -1.20. The lowest BCUT2D eigenvalue weighted by atomic mass is 9.94. The largest absolute Gasteiger partial charge is 0.478 e. The first-order valence-electron chi connectivity index (χ1n) is 10.7. The number of rotatable bonds is 9. The van der Waals surface area contributed by atoms with Crippen molar-refractivity contribution in [3.8, 4) is 0 Å². The smallest absolute Gasteiger partial charge is 0.331 e. The average Bonchev–Trinajstić information content (AvgIpc) is 2.68. The number of likely N-dealkylation sites (N-methyl/N-ethyl adjacent to an activating group) is 2. The summed E-state index contributed by atoms with van der Waals surface area (Å²) >= 11 is 0. The molecule has 2 amide bonds. The lowest BCUT2D eigenvalue weighted by Gasteiger charge is -2.36. The molecule has 0 saturated carbocycles. The lowest BCUT2D eigenvalue weighted by Crippen LogP contribution is -2.57. The standard InChI is InChI=1S/C22H39N3O4/c1-8-15(4)19(23-20(26)17-11-9-10-12-24(17)6)21(27)25(7)18(14(2)3)13-16(5)22(28)29/h13-15,17-19H,8-12H2,1-7H3,(H,23,26)(H,28,29)/b16-13+/t15-,17?,18?,19-/m0/s1. The van der Waals surface area contributed by atoms with E-state index < -0.39 is 12.0 Å². The number of carboxylic acids is 1. The van der Waals surface area contributed by atoms with Crippen LogP contribution >= 0.6 is 0 Å². The third kappa shape index (κ3) is 6.84. The van der Waals surface area contributed by atoms with Gasteiger partial charge in [-0.2, -0.15) is 0 Å². The summed E-state index contributed by atoms with van der Waals surface area (Å²) in [4.78, 5) is 41.2. The molecule has 7 heteroatoms. The van der Waals surface area contributed by atoms with E-state index in [9.17, 15) is 19.5 Å². The molecule has 1 aliphatic rings. The van der Waals surface area contributed by atoms with Crippen LogP contribution in [0.1, 0.15) is 60.3 Å². The first-order valence-corrected chi connectivity index (χ1v) is 10.7. The molecule has 2 unspecified atom stereocenters. The zero-order valence-electron chi connectivity index (χ0n) is 19.1. The van der Waals surface area contributed by atoms with Gasteiger partial charge in [-0.3, -0.25) is 14.5 Å². The fourth-order valence-corrected chi connectivity index (χ4v) is 3.78. The first kappa shape index (κ1) is 25.1. The van der Waals surface area contributed by atoms with Gasteiger partial charge in [0.1, 0.15) is 6.04 Å². The van der Waals surface area contributed by atoms with Crippen LogP contribution in [0.25, 0.3) is 0 Å². The van der Waals surface area contributed by atoms with E-state index in [4.69, 9.17) is 0 Å². The Kier molecular flexibility index (Phi) is 9.83. The Balaban J connectivity index is 3.06. The van der Waals surface area contributed by atoms with E-state index >= 15 is 0 Å². The van der Waals surface area contributed by atoms with E-state index in [1.165, 1.54) is 6.92 Å². The van der Waals surface area contributed by atoms with E-state index in [0.717, 1.165) is 32.2 Å². The molecule has 0 aromatic carbocycles. The van der Waals surface area contributed by atoms with Crippen molar-refractivity contribution in [1.29, 1.82) is 0 Å². The summed E-state index contributed by atoms with van der Waals surface area (Å²) < 4.78 is 0. The average molecular weight is 410 g/mol. The molecular formula is C22H39N3O4. The van der Waals surface area contributed by atoms with E-state index in [1.807, 2.05) is 34.7 Å². The van der Waals surface area contributed by atoms with Crippen molar-refractivity contribution < 1.29 is 19.5 Å². The maximum Gasteiger partial charge on any atom is 0.331 e. The van der Waals surface area contributed by atoms with Crippen molar-refractivity contribution in [1.82, 2.24) is 15.1 Å². The number of carboxylic acid groups (broad SMARTS) is 1. The second kappa shape index (κ2) is 11.3. The summed E-state index contributed by atoms with van der Waals surface area (Å²) in [5.41, 5.74) is 0.205. The van der Waals surface area contributed by atoms with E-state index in [2.05, 4.69) is 10.2 Å². The minimum Gasteiger partial charge on any atom is -0.478 e. The van der Waals surface area contributed by atoms with Crippen LogP contribution in [0.4, 0.5) is 0 Å². The number of nitrogens with one attached hydrogen (secondary N) is 1. The van der Waals surface area contributed by atoms with Gasteiger partial charge >= 0.3 is 5.97 Å². The summed E-state index contributed by atoms with van der Waals surface area (Å²) in [7, 11) is 3.64. The molecule has 1 aliphatic heterocycles. The lowest BCUT2D eigenvalue weighted by molar-refractivity contribution is -0.140. The maximum atomic E-state index is 13.4. The number of piperidine rings is 1. The van der Waals surface area contributed by atoms with Crippen molar-refractivity contribution >= 4 is 17.8 Å². The molecule has 0 spiro atoms. The number of aliphatic carboxylic acids is 1. The predicted octanol–water partition coefficient (Wildman–Crippen LogP) is 2.52. The summed E-state index contributed by atoms with van der Waals surface area (Å²) in [6.45, 7) is 10.3. The number of carbonyl (C=O) groups excluding carboxylic acids is 2. The van der Waals surface area contributed by atoms with E-state index in [-0.39, 0.29) is 41.3 Å². The quantitative estimate of drug-likeness (QED) is 0.571. The van der Waals surface area contributed by atoms with Crippen molar-refractivity contribution in [2.24, 2.45) is 11.8 Å². The minimum atomic E-state index is -0.997. The molecule has 1 heterocycles. The molecule has 166 valence electrons. The summed E-state index contributed by atoms with van der Waals surface area (Å²) in [5, 5.41) is 12.2. The van der Waals surface area contributed by atoms with Crippen LogP contribution in [0.15, 0.2) is 11.6 Å². The molecule has 29 heavy (non-hydrogen) atoms. The van der Waals surface area contributed by atoms with Gasteiger partial charge in [0.25, 0.3) is 0 Å². The van der Waals surface area contributed by atoms with Crippen LogP contribution in [0.3, 0.4) is 0 Å². The highest BCUT2D eigenvalue weighted by atomic mass is 16.4. The minimum absolute atomic E-state index is 0.0276. The second-order valence-corrected chi connectivity index (χ2v) is 8.70. The molecule has 1 rings (SSSR count). The predicted molar refractivity (Wildman–Crippen MR) is 114 cm³/mol. The molecule has 0 aromatic heterocycles. The Labute approximate surface area is 175 Å². The molecule has 0 radical (unpaired) electrons. The number of hydrogen-bond donors (Lipinski definition) is 2. The molecule has 2 N–H and O–H groups in total. The highest BCUT2D eigenvalue weighted by molar-refractivity contribution is 5.90. The number of amides is 2. The monoisotopic (exact) mass is 409 g/mol. The van der Waals surface area contributed by atoms with Gasteiger partial charge in [0.05, 0.1) is 12.1 Å². The van der Waals surface area contributed by atoms with Gasteiger partial charge in [-0.15, -0.1) is 0 Å².